The number of rotatable bonds is 6. The average molecular weight is 331 g/mol. The van der Waals surface area contributed by atoms with Crippen LogP contribution in [0.3, 0.4) is 0 Å². The Kier molecular flexibility index (Phi) is 5.66. The quantitative estimate of drug-likeness (QED) is 0.798. The summed E-state index contributed by atoms with van der Waals surface area (Å²) in [6.07, 6.45) is 0.722. The van der Waals surface area contributed by atoms with E-state index in [1.807, 2.05) is 38.4 Å². The van der Waals surface area contributed by atoms with E-state index in [0.717, 1.165) is 30.1 Å². The van der Waals surface area contributed by atoms with Gasteiger partial charge in [0.2, 0.25) is 0 Å². The molecule has 4 nitrogen and oxygen atoms in total. The average Bonchev–Trinajstić information content (AvgIpc) is 2.76. The van der Waals surface area contributed by atoms with Crippen LogP contribution in [0.4, 0.5) is 0 Å². The molecule has 0 spiro atoms. The second-order valence-corrected chi connectivity index (χ2v) is 8.56. The fourth-order valence-electron chi connectivity index (χ4n) is 2.63. The fourth-order valence-corrected chi connectivity index (χ4v) is 4.59. The lowest BCUT2D eigenvalue weighted by atomic mass is 10.1. The van der Waals surface area contributed by atoms with Gasteiger partial charge >= 0.3 is 0 Å². The molecule has 0 aromatic heterocycles. The maximum absolute atomic E-state index is 11.7. The van der Waals surface area contributed by atoms with Gasteiger partial charge in [-0.3, -0.25) is 4.90 Å². The zero-order valence-electron chi connectivity index (χ0n) is 12.6. The van der Waals surface area contributed by atoms with E-state index in [9.17, 15) is 8.42 Å². The van der Waals surface area contributed by atoms with Crippen molar-refractivity contribution in [3.8, 4) is 0 Å². The Balaban J connectivity index is 2.11. The van der Waals surface area contributed by atoms with Gasteiger partial charge in [-0.2, -0.15) is 0 Å². The molecule has 1 saturated heterocycles. The van der Waals surface area contributed by atoms with Gasteiger partial charge in [0.05, 0.1) is 11.5 Å². The van der Waals surface area contributed by atoms with Crippen molar-refractivity contribution in [1.29, 1.82) is 0 Å². The van der Waals surface area contributed by atoms with Crippen molar-refractivity contribution in [1.82, 2.24) is 9.80 Å². The minimum Gasteiger partial charge on any atom is -0.308 e. The van der Waals surface area contributed by atoms with Crippen LogP contribution in [0.25, 0.3) is 0 Å². The molecule has 1 aromatic rings. The van der Waals surface area contributed by atoms with Crippen molar-refractivity contribution in [3.63, 3.8) is 0 Å². The van der Waals surface area contributed by atoms with Crippen molar-refractivity contribution < 1.29 is 8.42 Å². The van der Waals surface area contributed by atoms with E-state index < -0.39 is 9.84 Å². The highest BCUT2D eigenvalue weighted by Gasteiger charge is 2.32. The highest BCUT2D eigenvalue weighted by molar-refractivity contribution is 7.91. The minimum atomic E-state index is -2.87. The number of halogens is 1. The number of sulfone groups is 1. The van der Waals surface area contributed by atoms with Gasteiger partial charge in [-0.05, 0) is 32.1 Å². The lowest BCUT2D eigenvalue weighted by Gasteiger charge is -2.29. The summed E-state index contributed by atoms with van der Waals surface area (Å²) in [4.78, 5) is 4.37. The fraction of sp³-hybridized carbons (Fsp3) is 0.600. The summed E-state index contributed by atoms with van der Waals surface area (Å²) in [5.41, 5.74) is 1.06. The first-order chi connectivity index (χ1) is 9.87. The molecule has 0 aliphatic carbocycles. The summed E-state index contributed by atoms with van der Waals surface area (Å²) in [5.74, 6) is 0.573. The van der Waals surface area contributed by atoms with E-state index in [4.69, 9.17) is 11.6 Å². The number of hydrogen-bond acceptors (Lipinski definition) is 4. The van der Waals surface area contributed by atoms with Gasteiger partial charge in [-0.15, -0.1) is 0 Å². The van der Waals surface area contributed by atoms with Gasteiger partial charge in [-0.1, -0.05) is 29.8 Å². The molecule has 1 fully saturated rings. The molecule has 0 N–H and O–H groups in total. The molecule has 1 aliphatic rings. The highest BCUT2D eigenvalue weighted by atomic mass is 35.5. The van der Waals surface area contributed by atoms with Crippen LogP contribution in [0.2, 0.25) is 5.02 Å². The molecule has 21 heavy (non-hydrogen) atoms. The third-order valence-corrected chi connectivity index (χ3v) is 6.01. The van der Waals surface area contributed by atoms with Crippen LogP contribution in [0.15, 0.2) is 24.3 Å². The summed E-state index contributed by atoms with van der Waals surface area (Å²) in [5, 5.41) is 0.744. The molecule has 1 atom stereocenters. The van der Waals surface area contributed by atoms with Crippen molar-refractivity contribution >= 4 is 21.4 Å². The number of likely N-dealkylation sites (N-methyl/N-ethyl adjacent to an activating group) is 1. The zero-order valence-corrected chi connectivity index (χ0v) is 14.2. The van der Waals surface area contributed by atoms with E-state index in [2.05, 4.69) is 9.80 Å². The Morgan fingerprint density at radius 1 is 1.24 bits per heavy atom. The smallest absolute Gasteiger partial charge is 0.151 e. The first-order valence-corrected chi connectivity index (χ1v) is 9.40. The Morgan fingerprint density at radius 2 is 1.95 bits per heavy atom. The standard InChI is InChI=1S/C15H23ClN2O2S/c1-17(2)8-9-18(14-7-10-21(19,20)12-14)11-13-5-3-4-6-15(13)16/h3-6,14H,7-12H2,1-2H3/t14-/m1/s1. The van der Waals surface area contributed by atoms with E-state index in [1.54, 1.807) is 0 Å². The van der Waals surface area contributed by atoms with Crippen LogP contribution in [0, 0.1) is 0 Å². The first kappa shape index (κ1) is 16.7. The summed E-state index contributed by atoms with van der Waals surface area (Å²) >= 11 is 6.24. The second-order valence-electron chi connectivity index (χ2n) is 5.92. The molecule has 1 aromatic carbocycles. The number of nitrogens with zero attached hydrogens (tertiary/aromatic N) is 2. The van der Waals surface area contributed by atoms with Crippen LogP contribution < -0.4 is 0 Å². The maximum Gasteiger partial charge on any atom is 0.151 e. The predicted molar refractivity (Wildman–Crippen MR) is 87.5 cm³/mol. The monoisotopic (exact) mass is 330 g/mol. The van der Waals surface area contributed by atoms with E-state index in [0.29, 0.717) is 12.3 Å². The molecular formula is C15H23ClN2O2S. The van der Waals surface area contributed by atoms with E-state index in [1.165, 1.54) is 0 Å². The van der Waals surface area contributed by atoms with Crippen LogP contribution in [0.5, 0.6) is 0 Å². The first-order valence-electron chi connectivity index (χ1n) is 7.20. The molecule has 1 heterocycles. The highest BCUT2D eigenvalue weighted by Crippen LogP contribution is 2.23. The number of benzene rings is 1. The molecule has 0 unspecified atom stereocenters. The Hall–Kier alpha value is -0.620. The Morgan fingerprint density at radius 3 is 2.52 bits per heavy atom. The van der Waals surface area contributed by atoms with Gasteiger partial charge in [0.1, 0.15) is 0 Å². The summed E-state index contributed by atoms with van der Waals surface area (Å²) in [6, 6.07) is 7.87. The second kappa shape index (κ2) is 7.09. The largest absolute Gasteiger partial charge is 0.308 e. The molecule has 1 aliphatic heterocycles. The summed E-state index contributed by atoms with van der Waals surface area (Å²) in [6.45, 7) is 2.45. The molecule has 0 amide bonds. The van der Waals surface area contributed by atoms with Crippen LogP contribution >= 0.6 is 11.6 Å². The Bertz CT molecular complexity index is 575. The third kappa shape index (κ3) is 4.95. The molecule has 6 heteroatoms. The van der Waals surface area contributed by atoms with E-state index in [-0.39, 0.29) is 11.8 Å². The number of hydrogen-bond donors (Lipinski definition) is 0. The van der Waals surface area contributed by atoms with Crippen LogP contribution in [-0.2, 0) is 16.4 Å². The van der Waals surface area contributed by atoms with Gasteiger partial charge in [0.25, 0.3) is 0 Å². The van der Waals surface area contributed by atoms with Gasteiger partial charge in [0, 0.05) is 30.7 Å². The predicted octanol–water partition coefficient (Wildman–Crippen LogP) is 1.89. The van der Waals surface area contributed by atoms with Crippen LogP contribution in [-0.4, -0.2) is 63.0 Å². The van der Waals surface area contributed by atoms with Crippen molar-refractivity contribution in [2.45, 2.75) is 19.0 Å². The van der Waals surface area contributed by atoms with Crippen molar-refractivity contribution in [2.24, 2.45) is 0 Å². The minimum absolute atomic E-state index is 0.103. The van der Waals surface area contributed by atoms with Gasteiger partial charge in [0.15, 0.2) is 9.84 Å². The van der Waals surface area contributed by atoms with Crippen molar-refractivity contribution in [3.05, 3.63) is 34.9 Å². The van der Waals surface area contributed by atoms with Gasteiger partial charge in [-0.25, -0.2) is 8.42 Å². The van der Waals surface area contributed by atoms with Gasteiger partial charge < -0.3 is 4.90 Å². The molecular weight excluding hydrogens is 308 g/mol. The SMILES string of the molecule is CN(C)CCN(Cc1ccccc1Cl)[C@@H]1CCS(=O)(=O)C1. The summed E-state index contributed by atoms with van der Waals surface area (Å²) in [7, 11) is 1.18. The van der Waals surface area contributed by atoms with E-state index >= 15 is 0 Å². The molecule has 0 radical (unpaired) electrons. The van der Waals surface area contributed by atoms with Crippen LogP contribution in [0.1, 0.15) is 12.0 Å². The topological polar surface area (TPSA) is 40.6 Å². The normalized spacial score (nSPS) is 21.3. The lowest BCUT2D eigenvalue weighted by Crippen LogP contribution is -2.40. The molecule has 2 rings (SSSR count). The molecule has 118 valence electrons. The zero-order chi connectivity index (χ0) is 15.5. The molecule has 0 saturated carbocycles. The molecule has 0 bridgehead atoms. The lowest BCUT2D eigenvalue weighted by molar-refractivity contribution is 0.183. The third-order valence-electron chi connectivity index (χ3n) is 3.89. The Labute approximate surface area is 132 Å². The maximum atomic E-state index is 11.7. The summed E-state index contributed by atoms with van der Waals surface area (Å²) < 4.78 is 23.5. The van der Waals surface area contributed by atoms with Crippen molar-refractivity contribution in [2.75, 3.05) is 38.7 Å².